The smallest absolute Gasteiger partial charge is 0.168 e. The van der Waals surface area contributed by atoms with Crippen molar-refractivity contribution in [3.05, 3.63) is 17.7 Å². The largest absolute Gasteiger partial charge is 0.368 e. The van der Waals surface area contributed by atoms with Gasteiger partial charge in [0, 0.05) is 26.2 Å². The van der Waals surface area contributed by atoms with Gasteiger partial charge in [-0.15, -0.1) is 0 Å². The van der Waals surface area contributed by atoms with Crippen molar-refractivity contribution in [2.75, 3.05) is 30.4 Å². The predicted molar refractivity (Wildman–Crippen MR) is 68.9 cm³/mol. The molecule has 1 fully saturated rings. The first-order valence-corrected chi connectivity index (χ1v) is 6.42. The Balaban J connectivity index is 2.16. The van der Waals surface area contributed by atoms with Gasteiger partial charge < -0.3 is 10.2 Å². The maximum absolute atomic E-state index is 13.7. The third kappa shape index (κ3) is 2.71. The van der Waals surface area contributed by atoms with Gasteiger partial charge in [-0.2, -0.15) is 0 Å². The van der Waals surface area contributed by atoms with Crippen LogP contribution in [0.25, 0.3) is 0 Å². The van der Waals surface area contributed by atoms with Crippen molar-refractivity contribution in [1.29, 1.82) is 0 Å². The SMILES string of the molecule is CCNc1nc(N(C)CC2CCC2)c(F)cc1F. The minimum absolute atomic E-state index is 0.120. The van der Waals surface area contributed by atoms with Gasteiger partial charge in [-0.05, 0) is 25.7 Å². The van der Waals surface area contributed by atoms with Crippen LogP contribution in [0.3, 0.4) is 0 Å². The Morgan fingerprint density at radius 2 is 2.11 bits per heavy atom. The molecule has 3 nitrogen and oxygen atoms in total. The summed E-state index contributed by atoms with van der Waals surface area (Å²) in [5.74, 6) is -0.288. The molecule has 0 amide bonds. The molecule has 1 N–H and O–H groups in total. The molecule has 0 aliphatic heterocycles. The molecule has 5 heteroatoms. The zero-order chi connectivity index (χ0) is 13.1. The molecule has 0 radical (unpaired) electrons. The van der Waals surface area contributed by atoms with Crippen molar-refractivity contribution < 1.29 is 8.78 Å². The summed E-state index contributed by atoms with van der Waals surface area (Å²) in [4.78, 5) is 5.81. The molecule has 1 saturated carbocycles. The number of hydrogen-bond acceptors (Lipinski definition) is 3. The van der Waals surface area contributed by atoms with Crippen LogP contribution in [-0.4, -0.2) is 25.1 Å². The fourth-order valence-corrected chi connectivity index (χ4v) is 2.17. The predicted octanol–water partition coefficient (Wildman–Crippen LogP) is 3.03. The van der Waals surface area contributed by atoms with E-state index in [1.54, 1.807) is 11.9 Å². The molecular weight excluding hydrogens is 236 g/mol. The summed E-state index contributed by atoms with van der Waals surface area (Å²) in [7, 11) is 1.80. The highest BCUT2D eigenvalue weighted by molar-refractivity contribution is 5.48. The Morgan fingerprint density at radius 3 is 2.67 bits per heavy atom. The fourth-order valence-electron chi connectivity index (χ4n) is 2.17. The van der Waals surface area contributed by atoms with Gasteiger partial charge >= 0.3 is 0 Å². The van der Waals surface area contributed by atoms with Gasteiger partial charge in [0.05, 0.1) is 0 Å². The Bertz CT molecular complexity index is 419. The molecule has 1 aliphatic rings. The highest BCUT2D eigenvalue weighted by atomic mass is 19.1. The highest BCUT2D eigenvalue weighted by Gasteiger charge is 2.22. The summed E-state index contributed by atoms with van der Waals surface area (Å²) >= 11 is 0. The molecule has 18 heavy (non-hydrogen) atoms. The van der Waals surface area contributed by atoms with Crippen molar-refractivity contribution in [2.24, 2.45) is 5.92 Å². The van der Waals surface area contributed by atoms with Crippen LogP contribution in [0.2, 0.25) is 0 Å². The van der Waals surface area contributed by atoms with Gasteiger partial charge in [0.2, 0.25) is 0 Å². The van der Waals surface area contributed by atoms with E-state index in [1.807, 2.05) is 6.92 Å². The maximum Gasteiger partial charge on any atom is 0.168 e. The van der Waals surface area contributed by atoms with Crippen molar-refractivity contribution in [3.63, 3.8) is 0 Å². The number of halogens is 2. The van der Waals surface area contributed by atoms with Crippen LogP contribution in [0.5, 0.6) is 0 Å². The molecule has 0 saturated heterocycles. The number of nitrogens with one attached hydrogen (secondary N) is 1. The Labute approximate surface area is 106 Å². The molecule has 1 aliphatic carbocycles. The highest BCUT2D eigenvalue weighted by Crippen LogP contribution is 2.29. The van der Waals surface area contributed by atoms with Gasteiger partial charge in [0.1, 0.15) is 0 Å². The van der Waals surface area contributed by atoms with E-state index in [2.05, 4.69) is 10.3 Å². The fraction of sp³-hybridized carbons (Fsp3) is 0.615. The van der Waals surface area contributed by atoms with Gasteiger partial charge in [-0.25, -0.2) is 13.8 Å². The normalized spacial score (nSPS) is 15.3. The topological polar surface area (TPSA) is 28.2 Å². The van der Waals surface area contributed by atoms with Crippen molar-refractivity contribution >= 4 is 11.6 Å². The van der Waals surface area contributed by atoms with E-state index in [0.29, 0.717) is 12.5 Å². The standard InChI is InChI=1S/C13H19F2N3/c1-3-16-12-10(14)7-11(15)13(17-12)18(2)8-9-5-4-6-9/h7,9H,3-6,8H2,1-2H3,(H,16,17). The lowest BCUT2D eigenvalue weighted by Gasteiger charge is -2.31. The first kappa shape index (κ1) is 13.1. The number of rotatable bonds is 5. The Hall–Kier alpha value is -1.39. The molecule has 0 atom stereocenters. The third-order valence-electron chi connectivity index (χ3n) is 3.37. The molecule has 0 spiro atoms. The molecule has 0 bridgehead atoms. The quantitative estimate of drug-likeness (QED) is 0.876. The molecular formula is C13H19F2N3. The second kappa shape index (κ2) is 5.50. The number of aromatic nitrogens is 1. The van der Waals surface area contributed by atoms with E-state index in [-0.39, 0.29) is 11.6 Å². The van der Waals surface area contributed by atoms with Crippen molar-refractivity contribution in [1.82, 2.24) is 4.98 Å². The van der Waals surface area contributed by atoms with E-state index in [0.717, 1.165) is 12.6 Å². The van der Waals surface area contributed by atoms with Crippen molar-refractivity contribution in [3.8, 4) is 0 Å². The lowest BCUT2D eigenvalue weighted by molar-refractivity contribution is 0.320. The van der Waals surface area contributed by atoms with E-state index in [1.165, 1.54) is 19.3 Å². The van der Waals surface area contributed by atoms with Gasteiger partial charge in [0.15, 0.2) is 23.3 Å². The van der Waals surface area contributed by atoms with E-state index in [4.69, 9.17) is 0 Å². The number of hydrogen-bond donors (Lipinski definition) is 1. The summed E-state index contributed by atoms with van der Waals surface area (Å²) in [5.41, 5.74) is 0. The molecule has 0 unspecified atom stereocenters. The summed E-state index contributed by atoms with van der Waals surface area (Å²) < 4.78 is 27.2. The summed E-state index contributed by atoms with van der Waals surface area (Å²) in [5, 5.41) is 2.80. The van der Waals surface area contributed by atoms with Crippen LogP contribution < -0.4 is 10.2 Å². The number of pyridine rings is 1. The third-order valence-corrected chi connectivity index (χ3v) is 3.37. The van der Waals surface area contributed by atoms with Crippen LogP contribution in [0.4, 0.5) is 20.4 Å². The summed E-state index contributed by atoms with van der Waals surface area (Å²) in [6.07, 6.45) is 3.63. The van der Waals surface area contributed by atoms with Crippen LogP contribution in [0, 0.1) is 17.6 Å². The Kier molecular flexibility index (Phi) is 3.99. The zero-order valence-corrected chi connectivity index (χ0v) is 10.8. The molecule has 1 aromatic rings. The average Bonchev–Trinajstić information content (AvgIpc) is 2.27. The average molecular weight is 255 g/mol. The van der Waals surface area contributed by atoms with Gasteiger partial charge in [0.25, 0.3) is 0 Å². The second-order valence-electron chi connectivity index (χ2n) is 4.83. The zero-order valence-electron chi connectivity index (χ0n) is 10.8. The lowest BCUT2D eigenvalue weighted by atomic mass is 9.85. The van der Waals surface area contributed by atoms with E-state index >= 15 is 0 Å². The lowest BCUT2D eigenvalue weighted by Crippen LogP contribution is -2.30. The molecule has 1 aromatic heterocycles. The van der Waals surface area contributed by atoms with Crippen LogP contribution in [0.1, 0.15) is 26.2 Å². The monoisotopic (exact) mass is 255 g/mol. The second-order valence-corrected chi connectivity index (χ2v) is 4.83. The molecule has 1 heterocycles. The van der Waals surface area contributed by atoms with Gasteiger partial charge in [-0.3, -0.25) is 0 Å². The van der Waals surface area contributed by atoms with Crippen LogP contribution >= 0.6 is 0 Å². The first-order chi connectivity index (χ1) is 8.61. The molecule has 0 aromatic carbocycles. The molecule has 2 rings (SSSR count). The van der Waals surface area contributed by atoms with E-state index < -0.39 is 11.6 Å². The summed E-state index contributed by atoms with van der Waals surface area (Å²) in [6.45, 7) is 3.19. The minimum atomic E-state index is -0.643. The van der Waals surface area contributed by atoms with Crippen molar-refractivity contribution in [2.45, 2.75) is 26.2 Å². The maximum atomic E-state index is 13.7. The van der Waals surface area contributed by atoms with Crippen LogP contribution in [0.15, 0.2) is 6.07 Å². The van der Waals surface area contributed by atoms with E-state index in [9.17, 15) is 8.78 Å². The molecule has 100 valence electrons. The number of nitrogens with zero attached hydrogens (tertiary/aromatic N) is 2. The van der Waals surface area contributed by atoms with Crippen LogP contribution in [-0.2, 0) is 0 Å². The summed E-state index contributed by atoms with van der Waals surface area (Å²) in [6, 6.07) is 0.900. The number of anilines is 2. The van der Waals surface area contributed by atoms with Gasteiger partial charge in [-0.1, -0.05) is 6.42 Å². The first-order valence-electron chi connectivity index (χ1n) is 6.42. The minimum Gasteiger partial charge on any atom is -0.368 e. The Morgan fingerprint density at radius 1 is 1.39 bits per heavy atom.